The van der Waals surface area contributed by atoms with Crippen LogP contribution in [0.15, 0.2) is 72.8 Å². The van der Waals surface area contributed by atoms with Gasteiger partial charge in [-0.05, 0) is 85.2 Å². The third-order valence-electron chi connectivity index (χ3n) is 8.93. The van der Waals surface area contributed by atoms with E-state index in [-0.39, 0.29) is 37.1 Å². The SMILES string of the molecule is CC(c1cccc(F)c1)S(=O)(=O)NCC(C1CC1)N1C(=O)C(C)(CC(=O)O)CC(c2cccc(Cl)c2)C1c1ccc(Cl)cc1. The van der Waals surface area contributed by atoms with Crippen LogP contribution < -0.4 is 4.72 Å². The molecule has 234 valence electrons. The highest BCUT2D eigenvalue weighted by Gasteiger charge is 2.54. The van der Waals surface area contributed by atoms with Crippen molar-refractivity contribution in [2.24, 2.45) is 11.3 Å². The zero-order chi connectivity index (χ0) is 31.8. The molecular formula is C33H35Cl2FN2O5S. The fourth-order valence-electron chi connectivity index (χ4n) is 6.48. The summed E-state index contributed by atoms with van der Waals surface area (Å²) in [5.74, 6) is -2.31. The predicted octanol–water partition coefficient (Wildman–Crippen LogP) is 7.13. The summed E-state index contributed by atoms with van der Waals surface area (Å²) in [4.78, 5) is 28.4. The van der Waals surface area contributed by atoms with Crippen LogP contribution in [0.2, 0.25) is 10.0 Å². The number of nitrogens with one attached hydrogen (secondary N) is 1. The molecule has 1 amide bonds. The maximum absolute atomic E-state index is 14.6. The zero-order valence-electron chi connectivity index (χ0n) is 24.4. The first-order valence-corrected chi connectivity index (χ1v) is 16.9. The molecule has 44 heavy (non-hydrogen) atoms. The first-order valence-electron chi connectivity index (χ1n) is 14.6. The summed E-state index contributed by atoms with van der Waals surface area (Å²) in [5, 5.41) is 9.88. The quantitative estimate of drug-likeness (QED) is 0.228. The minimum atomic E-state index is -3.98. The van der Waals surface area contributed by atoms with E-state index in [9.17, 15) is 27.5 Å². The van der Waals surface area contributed by atoms with Crippen LogP contribution in [-0.2, 0) is 19.6 Å². The summed E-state index contributed by atoms with van der Waals surface area (Å²) in [7, 11) is -3.98. The number of likely N-dealkylation sites (tertiary alicyclic amines) is 1. The molecule has 1 aliphatic carbocycles. The molecule has 1 saturated heterocycles. The van der Waals surface area contributed by atoms with Crippen LogP contribution in [0.4, 0.5) is 4.39 Å². The Morgan fingerprint density at radius 1 is 1.05 bits per heavy atom. The van der Waals surface area contributed by atoms with E-state index in [0.717, 1.165) is 24.0 Å². The largest absolute Gasteiger partial charge is 0.481 e. The van der Waals surface area contributed by atoms with E-state index in [4.69, 9.17) is 23.2 Å². The van der Waals surface area contributed by atoms with E-state index >= 15 is 0 Å². The topological polar surface area (TPSA) is 104 Å². The number of carboxylic acid groups (broad SMARTS) is 1. The van der Waals surface area contributed by atoms with Crippen molar-refractivity contribution in [1.29, 1.82) is 0 Å². The van der Waals surface area contributed by atoms with Gasteiger partial charge in [-0.2, -0.15) is 0 Å². The first-order chi connectivity index (χ1) is 20.8. The second-order valence-electron chi connectivity index (χ2n) is 12.2. The van der Waals surface area contributed by atoms with Crippen LogP contribution in [0.1, 0.15) is 73.4 Å². The number of hydrogen-bond acceptors (Lipinski definition) is 4. The molecule has 0 bridgehead atoms. The standard InChI is InChI=1S/C33H35Cl2FN2O5S/c1-20(23-5-4-8-27(36)16-23)44(42,43)37-19-29(21-9-10-21)38-31(22-11-13-25(34)14-12-22)28(24-6-3-7-26(35)15-24)17-33(2,32(38)41)18-30(39)40/h3-8,11-16,20-21,28-29,31,37H,9-10,17-19H2,1-2H3,(H,39,40). The molecule has 7 nitrogen and oxygen atoms in total. The Bertz CT molecular complexity index is 1650. The number of carboxylic acids is 1. The highest BCUT2D eigenvalue weighted by molar-refractivity contribution is 7.89. The molecule has 0 aromatic heterocycles. The lowest BCUT2D eigenvalue weighted by molar-refractivity contribution is -0.161. The van der Waals surface area contributed by atoms with Crippen molar-refractivity contribution in [3.8, 4) is 0 Å². The number of piperidine rings is 1. The van der Waals surface area contributed by atoms with E-state index in [1.807, 2.05) is 30.3 Å². The van der Waals surface area contributed by atoms with Gasteiger partial charge >= 0.3 is 5.97 Å². The molecule has 5 atom stereocenters. The Morgan fingerprint density at radius 2 is 1.73 bits per heavy atom. The maximum Gasteiger partial charge on any atom is 0.304 e. The van der Waals surface area contributed by atoms with Crippen molar-refractivity contribution >= 4 is 45.1 Å². The number of aliphatic carboxylic acids is 1. The van der Waals surface area contributed by atoms with Gasteiger partial charge in [0.25, 0.3) is 0 Å². The van der Waals surface area contributed by atoms with Crippen LogP contribution in [-0.4, -0.2) is 42.9 Å². The third kappa shape index (κ3) is 6.96. The summed E-state index contributed by atoms with van der Waals surface area (Å²) in [6.07, 6.45) is 1.45. The second kappa shape index (κ2) is 12.8. The average molecular weight is 662 g/mol. The van der Waals surface area contributed by atoms with Crippen LogP contribution >= 0.6 is 23.2 Å². The van der Waals surface area contributed by atoms with Gasteiger partial charge in [-0.25, -0.2) is 17.5 Å². The van der Waals surface area contributed by atoms with Crippen molar-refractivity contribution in [1.82, 2.24) is 9.62 Å². The molecule has 5 rings (SSSR count). The predicted molar refractivity (Wildman–Crippen MR) is 168 cm³/mol. The molecule has 1 heterocycles. The smallest absolute Gasteiger partial charge is 0.304 e. The monoisotopic (exact) mass is 660 g/mol. The van der Waals surface area contributed by atoms with Crippen LogP contribution in [0.5, 0.6) is 0 Å². The molecule has 5 unspecified atom stereocenters. The van der Waals surface area contributed by atoms with Crippen LogP contribution in [0, 0.1) is 17.2 Å². The minimum absolute atomic E-state index is 0.00751. The zero-order valence-corrected chi connectivity index (χ0v) is 26.7. The number of carbonyl (C=O) groups is 2. The lowest BCUT2D eigenvalue weighted by Gasteiger charge is -2.52. The summed E-state index contributed by atoms with van der Waals surface area (Å²) in [6, 6.07) is 18.9. The molecular weight excluding hydrogens is 626 g/mol. The van der Waals surface area contributed by atoms with Crippen molar-refractivity contribution in [2.75, 3.05) is 6.54 Å². The van der Waals surface area contributed by atoms with Crippen LogP contribution in [0.3, 0.4) is 0 Å². The Hall–Kier alpha value is -2.98. The van der Waals surface area contributed by atoms with Gasteiger partial charge in [0.2, 0.25) is 15.9 Å². The molecule has 2 fully saturated rings. The summed E-state index contributed by atoms with van der Waals surface area (Å²) >= 11 is 12.7. The van der Waals surface area contributed by atoms with Gasteiger partial charge < -0.3 is 10.0 Å². The second-order valence-corrected chi connectivity index (χ2v) is 15.2. The molecule has 0 radical (unpaired) electrons. The number of rotatable bonds is 11. The molecule has 11 heteroatoms. The molecule has 0 spiro atoms. The molecule has 1 aliphatic heterocycles. The Balaban J connectivity index is 1.58. The number of amides is 1. The van der Waals surface area contributed by atoms with E-state index in [1.165, 1.54) is 25.1 Å². The highest BCUT2D eigenvalue weighted by Crippen LogP contribution is 2.54. The van der Waals surface area contributed by atoms with Gasteiger partial charge in [-0.1, -0.05) is 66.5 Å². The van der Waals surface area contributed by atoms with Gasteiger partial charge in [0.1, 0.15) is 5.82 Å². The Kier molecular flexibility index (Phi) is 9.42. The van der Waals surface area contributed by atoms with Crippen molar-refractivity contribution in [3.63, 3.8) is 0 Å². The van der Waals surface area contributed by atoms with E-state index in [1.54, 1.807) is 36.1 Å². The van der Waals surface area contributed by atoms with E-state index in [2.05, 4.69) is 4.72 Å². The first kappa shape index (κ1) is 32.4. The Labute approximate surface area is 267 Å². The average Bonchev–Trinajstić information content (AvgIpc) is 3.80. The number of carbonyl (C=O) groups excluding carboxylic acids is 1. The number of benzene rings is 3. The minimum Gasteiger partial charge on any atom is -0.481 e. The van der Waals surface area contributed by atoms with E-state index in [0.29, 0.717) is 15.6 Å². The lowest BCUT2D eigenvalue weighted by atomic mass is 9.67. The van der Waals surface area contributed by atoms with Gasteiger partial charge in [0.05, 0.1) is 23.1 Å². The summed E-state index contributed by atoms with van der Waals surface area (Å²) in [5.41, 5.74) is 0.694. The fraction of sp³-hybridized carbons (Fsp3) is 0.394. The summed E-state index contributed by atoms with van der Waals surface area (Å²) in [6.45, 7) is 3.09. The molecule has 3 aromatic rings. The third-order valence-corrected chi connectivity index (χ3v) is 11.2. The maximum atomic E-state index is 14.6. The fourth-order valence-corrected chi connectivity index (χ4v) is 7.97. The number of sulfonamides is 1. The lowest BCUT2D eigenvalue weighted by Crippen LogP contribution is -2.59. The summed E-state index contributed by atoms with van der Waals surface area (Å²) < 4.78 is 43.6. The number of nitrogens with zero attached hydrogens (tertiary/aromatic N) is 1. The van der Waals surface area contributed by atoms with Crippen LogP contribution in [0.25, 0.3) is 0 Å². The normalized spacial score (nSPS) is 23.8. The van der Waals surface area contributed by atoms with Crippen molar-refractivity contribution in [3.05, 3.63) is 105 Å². The van der Waals surface area contributed by atoms with Gasteiger partial charge in [-0.15, -0.1) is 0 Å². The van der Waals surface area contributed by atoms with Gasteiger partial charge in [0.15, 0.2) is 0 Å². The number of hydrogen-bond donors (Lipinski definition) is 2. The van der Waals surface area contributed by atoms with Crippen molar-refractivity contribution in [2.45, 2.75) is 62.8 Å². The molecule has 3 aromatic carbocycles. The number of halogens is 3. The molecule has 2 N–H and O–H groups in total. The van der Waals surface area contributed by atoms with Gasteiger partial charge in [0, 0.05) is 28.5 Å². The van der Waals surface area contributed by atoms with Crippen molar-refractivity contribution < 1.29 is 27.5 Å². The molecule has 2 aliphatic rings. The Morgan fingerprint density at radius 3 is 2.34 bits per heavy atom. The van der Waals surface area contributed by atoms with E-state index < -0.39 is 44.6 Å². The highest BCUT2D eigenvalue weighted by atomic mass is 35.5. The van der Waals surface area contributed by atoms with Gasteiger partial charge in [-0.3, -0.25) is 9.59 Å². The molecule has 1 saturated carbocycles.